The van der Waals surface area contributed by atoms with E-state index in [4.69, 9.17) is 0 Å². The van der Waals surface area contributed by atoms with Gasteiger partial charge in [-0.15, -0.1) is 0 Å². The fraction of sp³-hybridized carbons (Fsp3) is 0.310. The van der Waals surface area contributed by atoms with E-state index >= 15 is 4.39 Å². The van der Waals surface area contributed by atoms with Crippen LogP contribution in [0.25, 0.3) is 44.1 Å². The van der Waals surface area contributed by atoms with Crippen LogP contribution in [0.2, 0.25) is 0 Å². The predicted molar refractivity (Wildman–Crippen MR) is 153 cm³/mol. The standard InChI is InChI=1S/C29H27F2N7O3/c1-32-20-8-19(30)23(31)21-22-25(38-6-5-15(11-38)35-14-3-4-14)17(10-33-27(22)36-24(20)21)13-7-16-26(39)18(29(40)41)12-37(2)28(16)34-9-13/h7-10,12,14-15,32,35H,3-6,11H2,1-2H3,(H,33,36)(H,40,41). The molecule has 210 valence electrons. The zero-order valence-electron chi connectivity index (χ0n) is 22.4. The van der Waals surface area contributed by atoms with Crippen molar-refractivity contribution >= 4 is 50.3 Å². The highest BCUT2D eigenvalue weighted by Crippen LogP contribution is 2.44. The quantitative estimate of drug-likeness (QED) is 0.246. The average Bonchev–Trinajstić information content (AvgIpc) is 3.51. The van der Waals surface area contributed by atoms with Crippen molar-refractivity contribution in [1.82, 2.24) is 24.8 Å². The number of halogens is 2. The van der Waals surface area contributed by atoms with Crippen molar-refractivity contribution in [2.45, 2.75) is 31.3 Å². The number of aryl methyl sites for hydroxylation is 1. The van der Waals surface area contributed by atoms with Gasteiger partial charge in [0.15, 0.2) is 11.6 Å². The van der Waals surface area contributed by atoms with E-state index in [0.717, 1.165) is 25.3 Å². The monoisotopic (exact) mass is 559 g/mol. The molecule has 5 heterocycles. The van der Waals surface area contributed by atoms with Crippen LogP contribution in [0.1, 0.15) is 29.6 Å². The molecular weight excluding hydrogens is 532 g/mol. The van der Waals surface area contributed by atoms with Gasteiger partial charge < -0.3 is 30.2 Å². The van der Waals surface area contributed by atoms with Gasteiger partial charge in [-0.05, 0) is 25.3 Å². The lowest BCUT2D eigenvalue weighted by Gasteiger charge is -2.24. The van der Waals surface area contributed by atoms with Gasteiger partial charge in [-0.1, -0.05) is 0 Å². The topological polar surface area (TPSA) is 128 Å². The van der Waals surface area contributed by atoms with E-state index in [1.54, 1.807) is 32.6 Å². The second kappa shape index (κ2) is 9.23. The molecule has 1 saturated heterocycles. The van der Waals surface area contributed by atoms with Crippen LogP contribution in [0.4, 0.5) is 20.2 Å². The molecule has 12 heteroatoms. The Morgan fingerprint density at radius 1 is 1.12 bits per heavy atom. The molecule has 2 aliphatic rings. The van der Waals surface area contributed by atoms with Crippen molar-refractivity contribution in [2.75, 3.05) is 30.4 Å². The van der Waals surface area contributed by atoms with Crippen LogP contribution in [0.5, 0.6) is 0 Å². The van der Waals surface area contributed by atoms with Gasteiger partial charge in [-0.2, -0.15) is 0 Å². The summed E-state index contributed by atoms with van der Waals surface area (Å²) in [5.74, 6) is -3.29. The third-order valence-electron chi connectivity index (χ3n) is 8.14. The Hall–Kier alpha value is -4.58. The van der Waals surface area contributed by atoms with Gasteiger partial charge in [0.2, 0.25) is 5.43 Å². The molecule has 0 spiro atoms. The summed E-state index contributed by atoms with van der Waals surface area (Å²) in [6.45, 7) is 1.32. The van der Waals surface area contributed by atoms with E-state index in [9.17, 15) is 19.1 Å². The van der Waals surface area contributed by atoms with Gasteiger partial charge in [0.05, 0.1) is 33.1 Å². The van der Waals surface area contributed by atoms with Crippen molar-refractivity contribution in [2.24, 2.45) is 7.05 Å². The summed E-state index contributed by atoms with van der Waals surface area (Å²) in [6, 6.07) is 3.46. The zero-order chi connectivity index (χ0) is 28.6. The van der Waals surface area contributed by atoms with Gasteiger partial charge >= 0.3 is 5.97 Å². The summed E-state index contributed by atoms with van der Waals surface area (Å²) < 4.78 is 31.9. The van der Waals surface area contributed by atoms with Crippen molar-refractivity contribution < 1.29 is 18.7 Å². The summed E-state index contributed by atoms with van der Waals surface area (Å²) in [5, 5.41) is 16.8. The highest BCUT2D eigenvalue weighted by Gasteiger charge is 2.32. The summed E-state index contributed by atoms with van der Waals surface area (Å²) in [6.07, 6.45) is 7.65. The van der Waals surface area contributed by atoms with Gasteiger partial charge in [0.1, 0.15) is 16.9 Å². The molecule has 1 unspecified atom stereocenters. The van der Waals surface area contributed by atoms with E-state index in [1.807, 2.05) is 0 Å². The fourth-order valence-corrected chi connectivity index (χ4v) is 6.03. The van der Waals surface area contributed by atoms with Crippen LogP contribution in [0.15, 0.2) is 35.5 Å². The molecule has 0 bridgehead atoms. The Kier molecular flexibility index (Phi) is 5.72. The first-order valence-electron chi connectivity index (χ1n) is 13.5. The minimum atomic E-state index is -1.33. The Morgan fingerprint density at radius 2 is 1.93 bits per heavy atom. The molecule has 0 radical (unpaired) electrons. The second-order valence-corrected chi connectivity index (χ2v) is 10.8. The normalized spacial score (nSPS) is 17.3. The zero-order valence-corrected chi connectivity index (χ0v) is 22.4. The maximum Gasteiger partial charge on any atom is 0.341 e. The van der Waals surface area contributed by atoms with Crippen LogP contribution in [0.3, 0.4) is 0 Å². The number of hydrogen-bond acceptors (Lipinski definition) is 7. The Morgan fingerprint density at radius 3 is 2.66 bits per heavy atom. The molecule has 1 aromatic carbocycles. The number of aromatic amines is 1. The molecule has 10 nitrogen and oxygen atoms in total. The molecule has 0 amide bonds. The van der Waals surface area contributed by atoms with E-state index in [0.29, 0.717) is 63.8 Å². The summed E-state index contributed by atoms with van der Waals surface area (Å²) in [4.78, 5) is 39.3. The van der Waals surface area contributed by atoms with E-state index in [1.165, 1.54) is 10.8 Å². The maximum atomic E-state index is 15.6. The summed E-state index contributed by atoms with van der Waals surface area (Å²) in [7, 11) is 3.26. The third-order valence-corrected chi connectivity index (χ3v) is 8.14. The number of carbonyl (C=O) groups is 1. The van der Waals surface area contributed by atoms with Crippen molar-refractivity contribution in [3.8, 4) is 11.1 Å². The van der Waals surface area contributed by atoms with Crippen LogP contribution in [-0.4, -0.2) is 62.8 Å². The molecule has 1 aliphatic carbocycles. The Labute approximate surface area is 232 Å². The van der Waals surface area contributed by atoms with Gasteiger partial charge in [0, 0.05) is 75.1 Å². The molecule has 7 rings (SSSR count). The van der Waals surface area contributed by atoms with Crippen LogP contribution in [0, 0.1) is 11.6 Å². The molecule has 1 atom stereocenters. The number of rotatable bonds is 6. The highest BCUT2D eigenvalue weighted by molar-refractivity contribution is 6.18. The number of fused-ring (bicyclic) bond motifs is 4. The Bertz CT molecular complexity index is 1960. The number of aromatic carboxylic acids is 1. The number of nitrogens with one attached hydrogen (secondary N) is 3. The summed E-state index contributed by atoms with van der Waals surface area (Å²) >= 11 is 0. The number of carboxylic acids is 1. The number of pyridine rings is 3. The first kappa shape index (κ1) is 25.4. The molecular formula is C29H27F2N7O3. The summed E-state index contributed by atoms with van der Waals surface area (Å²) in [5.41, 5.74) is 2.26. The largest absolute Gasteiger partial charge is 0.477 e. The lowest BCUT2D eigenvalue weighted by Crippen LogP contribution is -2.34. The van der Waals surface area contributed by atoms with Crippen LogP contribution >= 0.6 is 0 Å². The number of aromatic nitrogens is 4. The van der Waals surface area contributed by atoms with Crippen molar-refractivity contribution in [3.05, 3.63) is 58.1 Å². The van der Waals surface area contributed by atoms with Gasteiger partial charge in [-0.25, -0.2) is 23.5 Å². The first-order valence-corrected chi connectivity index (χ1v) is 13.5. The lowest BCUT2D eigenvalue weighted by atomic mass is 10.0. The third kappa shape index (κ3) is 4.00. The highest BCUT2D eigenvalue weighted by atomic mass is 19.2. The van der Waals surface area contributed by atoms with Gasteiger partial charge in [-0.3, -0.25) is 4.79 Å². The SMILES string of the molecule is CNc1cc(F)c(F)c2c1[nH]c1ncc(-c3cnc4c(c3)c(=O)c(C(=O)O)cn4C)c(N3CCC(NC4CC4)C3)c12. The fourth-order valence-electron chi connectivity index (χ4n) is 6.03. The number of H-pyrrole nitrogens is 1. The molecule has 1 aliphatic heterocycles. The smallest absolute Gasteiger partial charge is 0.341 e. The molecule has 4 N–H and O–H groups in total. The van der Waals surface area contributed by atoms with E-state index in [-0.39, 0.29) is 22.4 Å². The lowest BCUT2D eigenvalue weighted by molar-refractivity contribution is 0.0695. The number of carboxylic acid groups (broad SMARTS) is 1. The average molecular weight is 560 g/mol. The molecule has 5 aromatic rings. The first-order chi connectivity index (χ1) is 19.7. The van der Waals surface area contributed by atoms with Crippen LogP contribution < -0.4 is 21.0 Å². The molecule has 2 fully saturated rings. The molecule has 1 saturated carbocycles. The molecule has 41 heavy (non-hydrogen) atoms. The number of anilines is 2. The number of benzene rings is 1. The van der Waals surface area contributed by atoms with E-state index < -0.39 is 23.0 Å². The minimum Gasteiger partial charge on any atom is -0.477 e. The van der Waals surface area contributed by atoms with Gasteiger partial charge in [0.25, 0.3) is 0 Å². The minimum absolute atomic E-state index is 0.0881. The second-order valence-electron chi connectivity index (χ2n) is 10.8. The van der Waals surface area contributed by atoms with Crippen LogP contribution in [-0.2, 0) is 7.05 Å². The molecule has 4 aromatic heterocycles. The van der Waals surface area contributed by atoms with Crippen molar-refractivity contribution in [3.63, 3.8) is 0 Å². The number of hydrogen-bond donors (Lipinski definition) is 4. The van der Waals surface area contributed by atoms with Crippen molar-refractivity contribution in [1.29, 1.82) is 0 Å². The van der Waals surface area contributed by atoms with E-state index in [2.05, 4.69) is 30.5 Å². The predicted octanol–water partition coefficient (Wildman–Crippen LogP) is 3.98. The Balaban J connectivity index is 1.51. The number of nitrogens with zero attached hydrogens (tertiary/aromatic N) is 4. The maximum absolute atomic E-state index is 15.6.